The molecule has 0 aliphatic heterocycles. The molecule has 2 N–H and O–H groups in total. The Hall–Kier alpha value is -2.17. The van der Waals surface area contributed by atoms with Gasteiger partial charge >= 0.3 is 0 Å². The molecule has 0 amide bonds. The summed E-state index contributed by atoms with van der Waals surface area (Å²) in [5.74, 6) is 1.96. The number of nitrogens with two attached hydrogens (primary N) is 1. The second-order valence-electron chi connectivity index (χ2n) is 4.26. The molecule has 0 spiro atoms. The highest BCUT2D eigenvalue weighted by Crippen LogP contribution is 2.29. The van der Waals surface area contributed by atoms with Crippen LogP contribution in [-0.2, 0) is 0 Å². The lowest BCUT2D eigenvalue weighted by atomic mass is 10.3. The van der Waals surface area contributed by atoms with E-state index in [1.807, 2.05) is 10.9 Å². The number of anilines is 1. The van der Waals surface area contributed by atoms with Crippen molar-refractivity contribution < 1.29 is 9.47 Å². The Balaban J connectivity index is 2.17. The van der Waals surface area contributed by atoms with Crippen molar-refractivity contribution in [2.45, 2.75) is 19.9 Å². The van der Waals surface area contributed by atoms with E-state index in [2.05, 4.69) is 18.9 Å². The van der Waals surface area contributed by atoms with Gasteiger partial charge in [-0.15, -0.1) is 0 Å². The van der Waals surface area contributed by atoms with Crippen molar-refractivity contribution in [1.82, 2.24) is 9.78 Å². The Morgan fingerprint density at radius 1 is 1.28 bits per heavy atom. The number of aromatic nitrogens is 2. The minimum Gasteiger partial charge on any atom is -0.494 e. The molecule has 0 radical (unpaired) electrons. The maximum atomic E-state index is 5.74. The second-order valence-corrected chi connectivity index (χ2v) is 4.26. The van der Waals surface area contributed by atoms with Gasteiger partial charge in [-0.2, -0.15) is 5.10 Å². The first kappa shape index (κ1) is 12.3. The molecule has 5 nitrogen and oxygen atoms in total. The normalized spacial score (nSPS) is 10.7. The molecule has 0 fully saturated rings. The van der Waals surface area contributed by atoms with Gasteiger partial charge in [-0.25, -0.2) is 0 Å². The van der Waals surface area contributed by atoms with E-state index >= 15 is 0 Å². The van der Waals surface area contributed by atoms with E-state index < -0.39 is 0 Å². The lowest BCUT2D eigenvalue weighted by molar-refractivity contribution is 0.411. The zero-order valence-corrected chi connectivity index (χ0v) is 10.8. The topological polar surface area (TPSA) is 62.3 Å². The Labute approximate surface area is 106 Å². The van der Waals surface area contributed by atoms with Crippen molar-refractivity contribution in [2.75, 3.05) is 12.8 Å². The number of benzene rings is 1. The fraction of sp³-hybridized carbons (Fsp3) is 0.308. The van der Waals surface area contributed by atoms with E-state index in [9.17, 15) is 0 Å². The molecule has 0 aliphatic carbocycles. The van der Waals surface area contributed by atoms with Crippen LogP contribution in [0.15, 0.2) is 30.6 Å². The van der Waals surface area contributed by atoms with Gasteiger partial charge in [-0.05, 0) is 26.0 Å². The van der Waals surface area contributed by atoms with E-state index in [0.29, 0.717) is 29.0 Å². The minimum atomic E-state index is 0.309. The Bertz CT molecular complexity index is 535. The molecule has 0 aliphatic rings. The van der Waals surface area contributed by atoms with Crippen molar-refractivity contribution >= 4 is 5.69 Å². The largest absolute Gasteiger partial charge is 0.494 e. The summed E-state index contributed by atoms with van der Waals surface area (Å²) in [4.78, 5) is 0. The third-order valence-corrected chi connectivity index (χ3v) is 2.55. The van der Waals surface area contributed by atoms with E-state index in [0.717, 1.165) is 0 Å². The summed E-state index contributed by atoms with van der Waals surface area (Å²) < 4.78 is 12.7. The van der Waals surface area contributed by atoms with Crippen LogP contribution < -0.4 is 15.2 Å². The van der Waals surface area contributed by atoms with Crippen molar-refractivity contribution in [3.05, 3.63) is 30.6 Å². The van der Waals surface area contributed by atoms with Gasteiger partial charge in [-0.1, -0.05) is 0 Å². The molecule has 18 heavy (non-hydrogen) atoms. The monoisotopic (exact) mass is 247 g/mol. The van der Waals surface area contributed by atoms with Crippen LogP contribution >= 0.6 is 0 Å². The fourth-order valence-electron chi connectivity index (χ4n) is 1.55. The standard InChI is InChI=1S/C13H17N3O2/c1-9(2)16-8-11(7-15-16)18-10-4-5-12(14)13(6-10)17-3/h4-9H,14H2,1-3H3. The second kappa shape index (κ2) is 5.00. The third kappa shape index (κ3) is 2.56. The van der Waals surface area contributed by atoms with E-state index in [1.165, 1.54) is 0 Å². The summed E-state index contributed by atoms with van der Waals surface area (Å²) in [5, 5.41) is 4.21. The first-order valence-electron chi connectivity index (χ1n) is 5.75. The molecule has 96 valence electrons. The number of ether oxygens (including phenoxy) is 2. The molecule has 5 heteroatoms. The van der Waals surface area contributed by atoms with Crippen LogP contribution in [0.4, 0.5) is 5.69 Å². The molecule has 0 saturated heterocycles. The van der Waals surface area contributed by atoms with Crippen LogP contribution in [0.25, 0.3) is 0 Å². The molecule has 2 aromatic rings. The molecule has 0 unspecified atom stereocenters. The molecule has 0 saturated carbocycles. The zero-order chi connectivity index (χ0) is 13.1. The van der Waals surface area contributed by atoms with Crippen molar-refractivity contribution in [3.63, 3.8) is 0 Å². The average Bonchev–Trinajstić information content (AvgIpc) is 2.80. The van der Waals surface area contributed by atoms with Gasteiger partial charge in [0.15, 0.2) is 5.75 Å². The Morgan fingerprint density at radius 3 is 2.67 bits per heavy atom. The molecular weight excluding hydrogens is 230 g/mol. The van der Waals surface area contributed by atoms with Crippen LogP contribution in [0.2, 0.25) is 0 Å². The highest BCUT2D eigenvalue weighted by molar-refractivity contribution is 5.55. The number of nitrogens with zero attached hydrogens (tertiary/aromatic N) is 2. The predicted octanol–water partition coefficient (Wildman–Crippen LogP) is 2.85. The molecule has 1 heterocycles. The van der Waals surface area contributed by atoms with E-state index in [1.54, 1.807) is 31.5 Å². The maximum Gasteiger partial charge on any atom is 0.165 e. The quantitative estimate of drug-likeness (QED) is 0.844. The number of nitrogen functional groups attached to an aromatic ring is 1. The van der Waals surface area contributed by atoms with Gasteiger partial charge < -0.3 is 15.2 Å². The highest BCUT2D eigenvalue weighted by Gasteiger charge is 2.06. The van der Waals surface area contributed by atoms with Crippen LogP contribution in [0.1, 0.15) is 19.9 Å². The maximum absolute atomic E-state index is 5.74. The summed E-state index contributed by atoms with van der Waals surface area (Å²) >= 11 is 0. The number of hydrogen-bond acceptors (Lipinski definition) is 4. The molecule has 0 bridgehead atoms. The van der Waals surface area contributed by atoms with E-state index in [4.69, 9.17) is 15.2 Å². The first-order chi connectivity index (χ1) is 8.60. The van der Waals surface area contributed by atoms with Crippen LogP contribution in [0.5, 0.6) is 17.2 Å². The van der Waals surface area contributed by atoms with Gasteiger partial charge in [0.25, 0.3) is 0 Å². The minimum absolute atomic E-state index is 0.309. The average molecular weight is 247 g/mol. The van der Waals surface area contributed by atoms with Gasteiger partial charge in [0.05, 0.1) is 25.2 Å². The van der Waals surface area contributed by atoms with E-state index in [-0.39, 0.29) is 0 Å². The van der Waals surface area contributed by atoms with Crippen molar-refractivity contribution in [3.8, 4) is 17.2 Å². The Kier molecular flexibility index (Phi) is 3.41. The SMILES string of the molecule is COc1cc(Oc2cnn(C(C)C)c2)ccc1N. The fourth-order valence-corrected chi connectivity index (χ4v) is 1.55. The molecule has 2 rings (SSSR count). The van der Waals surface area contributed by atoms with Crippen LogP contribution in [0, 0.1) is 0 Å². The lowest BCUT2D eigenvalue weighted by Gasteiger charge is -2.08. The third-order valence-electron chi connectivity index (χ3n) is 2.55. The van der Waals surface area contributed by atoms with Gasteiger partial charge in [-0.3, -0.25) is 4.68 Å². The summed E-state index contributed by atoms with van der Waals surface area (Å²) in [5.41, 5.74) is 6.33. The van der Waals surface area contributed by atoms with Crippen molar-refractivity contribution in [2.24, 2.45) is 0 Å². The van der Waals surface area contributed by atoms with Gasteiger partial charge in [0.1, 0.15) is 11.5 Å². The predicted molar refractivity (Wildman–Crippen MR) is 70.1 cm³/mol. The Morgan fingerprint density at radius 2 is 2.06 bits per heavy atom. The lowest BCUT2D eigenvalue weighted by Crippen LogP contribution is -1.99. The van der Waals surface area contributed by atoms with Gasteiger partial charge in [0, 0.05) is 12.1 Å². The smallest absolute Gasteiger partial charge is 0.165 e. The van der Waals surface area contributed by atoms with Crippen molar-refractivity contribution in [1.29, 1.82) is 0 Å². The molecular formula is C13H17N3O2. The van der Waals surface area contributed by atoms with Crippen LogP contribution in [-0.4, -0.2) is 16.9 Å². The molecule has 1 aromatic carbocycles. The zero-order valence-electron chi connectivity index (χ0n) is 10.8. The first-order valence-corrected chi connectivity index (χ1v) is 5.75. The highest BCUT2D eigenvalue weighted by atomic mass is 16.5. The number of rotatable bonds is 4. The van der Waals surface area contributed by atoms with Crippen LogP contribution in [0.3, 0.4) is 0 Å². The summed E-state index contributed by atoms with van der Waals surface area (Å²) in [6.07, 6.45) is 3.54. The number of methoxy groups -OCH3 is 1. The molecule has 1 aromatic heterocycles. The molecule has 0 atom stereocenters. The summed E-state index contributed by atoms with van der Waals surface area (Å²) in [6.45, 7) is 4.12. The summed E-state index contributed by atoms with van der Waals surface area (Å²) in [7, 11) is 1.58. The van der Waals surface area contributed by atoms with Gasteiger partial charge in [0.2, 0.25) is 0 Å². The number of hydrogen-bond donors (Lipinski definition) is 1. The summed E-state index contributed by atoms with van der Waals surface area (Å²) in [6, 6.07) is 5.61.